The normalized spacial score (nSPS) is 11.6. The molecule has 0 spiro atoms. The largest absolute Gasteiger partial charge is 0.333 e. The zero-order chi connectivity index (χ0) is 19.9. The van der Waals surface area contributed by atoms with Crippen LogP contribution in [0.3, 0.4) is 0 Å². The summed E-state index contributed by atoms with van der Waals surface area (Å²) >= 11 is 0. The van der Waals surface area contributed by atoms with Crippen molar-refractivity contribution in [3.63, 3.8) is 0 Å². The van der Waals surface area contributed by atoms with Crippen LogP contribution >= 0.6 is 0 Å². The van der Waals surface area contributed by atoms with Gasteiger partial charge in [0, 0.05) is 31.5 Å². The maximum absolute atomic E-state index is 13.1. The molecule has 0 bridgehead atoms. The Morgan fingerprint density at radius 2 is 1.59 bits per heavy atom. The van der Waals surface area contributed by atoms with Crippen LogP contribution in [0.1, 0.15) is 29.8 Å². The second kappa shape index (κ2) is 9.67. The monoisotopic (exact) mass is 388 g/mol. The van der Waals surface area contributed by atoms with Gasteiger partial charge in [0.1, 0.15) is 0 Å². The maximum atomic E-state index is 13.1. The lowest BCUT2D eigenvalue weighted by Crippen LogP contribution is -2.38. The van der Waals surface area contributed by atoms with Gasteiger partial charge in [0.15, 0.2) is 9.84 Å². The van der Waals surface area contributed by atoms with Crippen LogP contribution in [0.15, 0.2) is 59.5 Å². The molecule has 0 saturated heterocycles. The van der Waals surface area contributed by atoms with Crippen LogP contribution in [0.25, 0.3) is 0 Å². The van der Waals surface area contributed by atoms with E-state index in [0.717, 1.165) is 31.5 Å². The molecule has 0 aliphatic rings. The molecular weight excluding hydrogens is 360 g/mol. The van der Waals surface area contributed by atoms with Gasteiger partial charge >= 0.3 is 0 Å². The Kier molecular flexibility index (Phi) is 7.56. The summed E-state index contributed by atoms with van der Waals surface area (Å²) in [6.45, 7) is 7.89. The van der Waals surface area contributed by atoms with E-state index in [1.165, 1.54) is 12.1 Å². The second-order valence-electron chi connectivity index (χ2n) is 6.54. The average molecular weight is 389 g/mol. The highest BCUT2D eigenvalue weighted by molar-refractivity contribution is 7.90. The van der Waals surface area contributed by atoms with E-state index in [4.69, 9.17) is 0 Å². The lowest BCUT2D eigenvalue weighted by Gasteiger charge is -2.27. The first-order valence-electron chi connectivity index (χ1n) is 9.20. The summed E-state index contributed by atoms with van der Waals surface area (Å²) in [6.07, 6.45) is 1.15. The smallest absolute Gasteiger partial charge is 0.254 e. The molecule has 146 valence electrons. The maximum Gasteiger partial charge on any atom is 0.254 e. The zero-order valence-electron chi connectivity index (χ0n) is 16.3. The average Bonchev–Trinajstić information content (AvgIpc) is 2.67. The first-order valence-corrected chi connectivity index (χ1v) is 11.1. The van der Waals surface area contributed by atoms with Crippen LogP contribution in [0.2, 0.25) is 0 Å². The van der Waals surface area contributed by atoms with Crippen LogP contribution in [-0.4, -0.2) is 56.6 Å². The number of nitrogens with zero attached hydrogens (tertiary/aromatic N) is 2. The summed E-state index contributed by atoms with van der Waals surface area (Å²) in [5.41, 5.74) is 1.44. The van der Waals surface area contributed by atoms with Gasteiger partial charge in [-0.25, -0.2) is 8.42 Å². The molecule has 0 aliphatic heterocycles. The van der Waals surface area contributed by atoms with Crippen molar-refractivity contribution in [3.8, 4) is 0 Å². The predicted molar refractivity (Wildman–Crippen MR) is 109 cm³/mol. The first kappa shape index (κ1) is 21.1. The molecular formula is C21H28N2O3S. The van der Waals surface area contributed by atoms with Gasteiger partial charge in [-0.15, -0.1) is 0 Å². The highest BCUT2D eigenvalue weighted by atomic mass is 32.2. The molecule has 0 N–H and O–H groups in total. The SMILES string of the molecule is CCN(CC)CCN(Cc1ccccc1)C(=O)c1cccc(S(C)(=O)=O)c1. The number of likely N-dealkylation sites (N-methyl/N-ethyl adjacent to an activating group) is 1. The van der Waals surface area contributed by atoms with Gasteiger partial charge in [-0.3, -0.25) is 4.79 Å². The minimum absolute atomic E-state index is 0.156. The number of carbonyl (C=O) groups excluding carboxylic acids is 1. The van der Waals surface area contributed by atoms with Gasteiger partial charge in [0.2, 0.25) is 0 Å². The summed E-state index contributed by atoms with van der Waals surface area (Å²) in [5.74, 6) is -0.156. The van der Waals surface area contributed by atoms with Crippen molar-refractivity contribution in [1.82, 2.24) is 9.80 Å². The third-order valence-electron chi connectivity index (χ3n) is 4.59. The highest BCUT2D eigenvalue weighted by Gasteiger charge is 2.19. The molecule has 2 aromatic rings. The molecule has 0 aromatic heterocycles. The fourth-order valence-corrected chi connectivity index (χ4v) is 3.57. The van der Waals surface area contributed by atoms with Crippen molar-refractivity contribution in [3.05, 3.63) is 65.7 Å². The van der Waals surface area contributed by atoms with Crippen molar-refractivity contribution in [2.24, 2.45) is 0 Å². The van der Waals surface area contributed by atoms with Crippen molar-refractivity contribution in [2.75, 3.05) is 32.4 Å². The Hall–Kier alpha value is -2.18. The number of benzene rings is 2. The molecule has 2 aromatic carbocycles. The molecule has 0 radical (unpaired) electrons. The van der Waals surface area contributed by atoms with Crippen molar-refractivity contribution in [1.29, 1.82) is 0 Å². The molecule has 0 atom stereocenters. The van der Waals surface area contributed by atoms with Gasteiger partial charge < -0.3 is 9.80 Å². The molecule has 5 nitrogen and oxygen atoms in total. The number of amides is 1. The van der Waals surface area contributed by atoms with Crippen molar-refractivity contribution < 1.29 is 13.2 Å². The number of sulfone groups is 1. The Balaban J connectivity index is 2.27. The van der Waals surface area contributed by atoms with Crippen molar-refractivity contribution >= 4 is 15.7 Å². The lowest BCUT2D eigenvalue weighted by molar-refractivity contribution is 0.0723. The molecule has 0 aliphatic carbocycles. The fraction of sp³-hybridized carbons (Fsp3) is 0.381. The Labute approximate surface area is 162 Å². The lowest BCUT2D eigenvalue weighted by atomic mass is 10.1. The molecule has 1 amide bonds. The summed E-state index contributed by atoms with van der Waals surface area (Å²) in [7, 11) is -3.36. The Bertz CT molecular complexity index is 847. The van der Waals surface area contributed by atoms with E-state index in [9.17, 15) is 13.2 Å². The van der Waals surface area contributed by atoms with Crippen LogP contribution in [-0.2, 0) is 16.4 Å². The molecule has 0 saturated carbocycles. The molecule has 0 fully saturated rings. The number of hydrogen-bond donors (Lipinski definition) is 0. The van der Waals surface area contributed by atoms with Gasteiger partial charge in [0.25, 0.3) is 5.91 Å². The van der Waals surface area contributed by atoms with Gasteiger partial charge in [-0.05, 0) is 36.9 Å². The third kappa shape index (κ3) is 6.19. The van der Waals surface area contributed by atoms with E-state index >= 15 is 0 Å². The van der Waals surface area contributed by atoms with E-state index in [2.05, 4.69) is 18.7 Å². The highest BCUT2D eigenvalue weighted by Crippen LogP contribution is 2.15. The Morgan fingerprint density at radius 1 is 0.926 bits per heavy atom. The predicted octanol–water partition coefficient (Wildman–Crippen LogP) is 3.07. The minimum Gasteiger partial charge on any atom is -0.333 e. The van der Waals surface area contributed by atoms with Crippen LogP contribution in [0.4, 0.5) is 0 Å². The number of rotatable bonds is 9. The molecule has 6 heteroatoms. The van der Waals surface area contributed by atoms with E-state index in [-0.39, 0.29) is 10.8 Å². The topological polar surface area (TPSA) is 57.7 Å². The van der Waals surface area contributed by atoms with Crippen LogP contribution in [0, 0.1) is 0 Å². The van der Waals surface area contributed by atoms with Crippen LogP contribution < -0.4 is 0 Å². The summed E-state index contributed by atoms with van der Waals surface area (Å²) in [4.78, 5) is 17.3. The molecule has 2 rings (SSSR count). The van der Waals surface area contributed by atoms with Gasteiger partial charge in [0.05, 0.1) is 4.90 Å². The molecule has 0 heterocycles. The van der Waals surface area contributed by atoms with Crippen LogP contribution in [0.5, 0.6) is 0 Å². The van der Waals surface area contributed by atoms with E-state index in [1.807, 2.05) is 30.3 Å². The summed E-state index contributed by atoms with van der Waals surface area (Å²) < 4.78 is 23.7. The van der Waals surface area contributed by atoms with E-state index in [0.29, 0.717) is 18.7 Å². The number of carbonyl (C=O) groups is 1. The summed E-state index contributed by atoms with van der Waals surface area (Å²) in [6, 6.07) is 16.1. The second-order valence-corrected chi connectivity index (χ2v) is 8.55. The first-order chi connectivity index (χ1) is 12.8. The van der Waals surface area contributed by atoms with Gasteiger partial charge in [-0.2, -0.15) is 0 Å². The standard InChI is InChI=1S/C21H28N2O3S/c1-4-22(5-2)14-15-23(17-18-10-7-6-8-11-18)21(24)19-12-9-13-20(16-19)27(3,25)26/h6-13,16H,4-5,14-15,17H2,1-3H3. The third-order valence-corrected chi connectivity index (χ3v) is 5.70. The fourth-order valence-electron chi connectivity index (χ4n) is 2.90. The zero-order valence-corrected chi connectivity index (χ0v) is 17.1. The number of hydrogen-bond acceptors (Lipinski definition) is 4. The van der Waals surface area contributed by atoms with Gasteiger partial charge in [-0.1, -0.05) is 50.2 Å². The summed E-state index contributed by atoms with van der Waals surface area (Å²) in [5, 5.41) is 0. The minimum atomic E-state index is -3.36. The Morgan fingerprint density at radius 3 is 2.19 bits per heavy atom. The molecule has 27 heavy (non-hydrogen) atoms. The quantitative estimate of drug-likeness (QED) is 0.662. The van der Waals surface area contributed by atoms with E-state index in [1.54, 1.807) is 17.0 Å². The van der Waals surface area contributed by atoms with E-state index < -0.39 is 9.84 Å². The van der Waals surface area contributed by atoms with Crippen molar-refractivity contribution in [2.45, 2.75) is 25.3 Å². The molecule has 0 unspecified atom stereocenters.